The van der Waals surface area contributed by atoms with E-state index in [0.29, 0.717) is 5.69 Å². The van der Waals surface area contributed by atoms with Gasteiger partial charge in [-0.2, -0.15) is 0 Å². The third-order valence-electron chi connectivity index (χ3n) is 2.64. The van der Waals surface area contributed by atoms with Crippen molar-refractivity contribution in [3.8, 4) is 0 Å². The Morgan fingerprint density at radius 3 is 2.45 bits per heavy atom. The number of sulfonamides is 1. The second-order valence-corrected chi connectivity index (χ2v) is 7.01. The molecule has 7 heteroatoms. The first-order chi connectivity index (χ1) is 9.20. The SMILES string of the molecule is CC(C)(C)c1cc(NS(=O)(=O)c2ccccc2F)on1. The predicted molar refractivity (Wildman–Crippen MR) is 72.4 cm³/mol. The number of nitrogens with one attached hydrogen (secondary N) is 1. The van der Waals surface area contributed by atoms with E-state index in [9.17, 15) is 12.8 Å². The first kappa shape index (κ1) is 14.5. The van der Waals surface area contributed by atoms with E-state index < -0.39 is 20.7 Å². The smallest absolute Gasteiger partial charge is 0.267 e. The summed E-state index contributed by atoms with van der Waals surface area (Å²) < 4.78 is 44.7. The van der Waals surface area contributed by atoms with Crippen LogP contribution in [0.2, 0.25) is 0 Å². The maximum atomic E-state index is 13.5. The molecule has 2 aromatic rings. The molecule has 1 N–H and O–H groups in total. The molecule has 0 aliphatic rings. The lowest BCUT2D eigenvalue weighted by molar-refractivity contribution is 0.405. The normalized spacial score (nSPS) is 12.4. The van der Waals surface area contributed by atoms with Crippen LogP contribution in [0.3, 0.4) is 0 Å². The monoisotopic (exact) mass is 298 g/mol. The zero-order valence-electron chi connectivity index (χ0n) is 11.3. The highest BCUT2D eigenvalue weighted by atomic mass is 32.2. The Balaban J connectivity index is 2.30. The van der Waals surface area contributed by atoms with Crippen LogP contribution in [0.25, 0.3) is 0 Å². The third-order valence-corrected chi connectivity index (χ3v) is 4.02. The van der Waals surface area contributed by atoms with Crippen LogP contribution in [-0.2, 0) is 15.4 Å². The van der Waals surface area contributed by atoms with Gasteiger partial charge in [0.05, 0.1) is 5.69 Å². The van der Waals surface area contributed by atoms with Crippen LogP contribution in [0.1, 0.15) is 26.5 Å². The van der Waals surface area contributed by atoms with Crippen molar-refractivity contribution in [1.29, 1.82) is 0 Å². The molecule has 2 rings (SSSR count). The molecule has 0 amide bonds. The van der Waals surface area contributed by atoms with Crippen LogP contribution >= 0.6 is 0 Å². The fourth-order valence-electron chi connectivity index (χ4n) is 1.53. The Bertz CT molecular complexity index is 717. The maximum absolute atomic E-state index is 13.5. The summed E-state index contributed by atoms with van der Waals surface area (Å²) in [4.78, 5) is -0.436. The van der Waals surface area contributed by atoms with Crippen molar-refractivity contribution in [3.05, 3.63) is 41.8 Å². The minimum absolute atomic E-state index is 0.0434. The summed E-state index contributed by atoms with van der Waals surface area (Å²) in [5, 5.41) is 3.79. The molecular formula is C13H15FN2O3S. The summed E-state index contributed by atoms with van der Waals surface area (Å²) in [5.41, 5.74) is 0.328. The number of aromatic nitrogens is 1. The van der Waals surface area contributed by atoms with Gasteiger partial charge in [-0.1, -0.05) is 38.1 Å². The second kappa shape index (κ2) is 4.90. The molecular weight excluding hydrogens is 283 g/mol. The van der Waals surface area contributed by atoms with E-state index in [1.165, 1.54) is 24.3 Å². The zero-order chi connectivity index (χ0) is 15.0. The summed E-state index contributed by atoms with van der Waals surface area (Å²) >= 11 is 0. The molecule has 1 aromatic carbocycles. The third kappa shape index (κ3) is 2.98. The molecule has 1 heterocycles. The molecule has 0 fully saturated rings. The number of nitrogens with zero attached hydrogens (tertiary/aromatic N) is 1. The molecule has 1 aromatic heterocycles. The molecule has 20 heavy (non-hydrogen) atoms. The van der Waals surface area contributed by atoms with Gasteiger partial charge in [0.15, 0.2) is 0 Å². The predicted octanol–water partition coefficient (Wildman–Crippen LogP) is 2.91. The van der Waals surface area contributed by atoms with Crippen molar-refractivity contribution in [2.75, 3.05) is 4.72 Å². The van der Waals surface area contributed by atoms with Gasteiger partial charge >= 0.3 is 0 Å². The van der Waals surface area contributed by atoms with Crippen molar-refractivity contribution >= 4 is 15.9 Å². The summed E-state index contributed by atoms with van der Waals surface area (Å²) in [7, 11) is -4.03. The number of hydrogen-bond donors (Lipinski definition) is 1. The molecule has 0 aliphatic carbocycles. The molecule has 0 bridgehead atoms. The molecule has 0 radical (unpaired) electrons. The fraction of sp³-hybridized carbons (Fsp3) is 0.308. The lowest BCUT2D eigenvalue weighted by atomic mass is 9.92. The molecule has 5 nitrogen and oxygen atoms in total. The van der Waals surface area contributed by atoms with Crippen LogP contribution < -0.4 is 4.72 Å². The van der Waals surface area contributed by atoms with E-state index in [1.807, 2.05) is 20.8 Å². The first-order valence-corrected chi connectivity index (χ1v) is 7.43. The Morgan fingerprint density at radius 1 is 1.25 bits per heavy atom. The molecule has 0 unspecified atom stereocenters. The number of benzene rings is 1. The molecule has 108 valence electrons. The number of hydrogen-bond acceptors (Lipinski definition) is 4. The maximum Gasteiger partial charge on any atom is 0.267 e. The Hall–Kier alpha value is -1.89. The van der Waals surface area contributed by atoms with Crippen molar-refractivity contribution in [3.63, 3.8) is 0 Å². The van der Waals surface area contributed by atoms with E-state index >= 15 is 0 Å². The first-order valence-electron chi connectivity index (χ1n) is 5.95. The number of anilines is 1. The summed E-state index contributed by atoms with van der Waals surface area (Å²) in [5.74, 6) is -0.867. The van der Waals surface area contributed by atoms with Gasteiger partial charge < -0.3 is 4.52 Å². The molecule has 0 atom stereocenters. The minimum Gasteiger partial charge on any atom is -0.338 e. The number of halogens is 1. The van der Waals surface area contributed by atoms with Crippen molar-refractivity contribution in [2.45, 2.75) is 31.1 Å². The average Bonchev–Trinajstić information content (AvgIpc) is 2.76. The Labute approximate surface area is 116 Å². The van der Waals surface area contributed by atoms with E-state index in [0.717, 1.165) is 6.07 Å². The van der Waals surface area contributed by atoms with Crippen LogP contribution in [0, 0.1) is 5.82 Å². The van der Waals surface area contributed by atoms with Crippen molar-refractivity contribution < 1.29 is 17.3 Å². The highest BCUT2D eigenvalue weighted by molar-refractivity contribution is 7.92. The van der Waals surface area contributed by atoms with E-state index in [-0.39, 0.29) is 11.3 Å². The van der Waals surface area contributed by atoms with Gasteiger partial charge in [0.1, 0.15) is 10.7 Å². The molecule has 0 aliphatic heterocycles. The lowest BCUT2D eigenvalue weighted by Gasteiger charge is -2.12. The standard InChI is InChI=1S/C13H15FN2O3S/c1-13(2,3)11-8-12(19-15-11)16-20(17,18)10-7-5-4-6-9(10)14/h4-8,16H,1-3H3. The summed E-state index contributed by atoms with van der Waals surface area (Å²) in [6, 6.07) is 6.60. The van der Waals surface area contributed by atoms with Gasteiger partial charge in [-0.15, -0.1) is 0 Å². The topological polar surface area (TPSA) is 72.2 Å². The van der Waals surface area contributed by atoms with Crippen molar-refractivity contribution in [1.82, 2.24) is 5.16 Å². The molecule has 0 spiro atoms. The fourth-order valence-corrected chi connectivity index (χ4v) is 2.58. The highest BCUT2D eigenvalue weighted by Crippen LogP contribution is 2.25. The largest absolute Gasteiger partial charge is 0.338 e. The van der Waals surface area contributed by atoms with E-state index in [1.54, 1.807) is 0 Å². The molecule has 0 saturated heterocycles. The van der Waals surface area contributed by atoms with Crippen LogP contribution in [0.5, 0.6) is 0 Å². The van der Waals surface area contributed by atoms with Crippen LogP contribution in [-0.4, -0.2) is 13.6 Å². The van der Waals surface area contributed by atoms with Gasteiger partial charge in [-0.3, -0.25) is 0 Å². The van der Waals surface area contributed by atoms with E-state index in [4.69, 9.17) is 4.52 Å². The Kier molecular flexibility index (Phi) is 3.56. The van der Waals surface area contributed by atoms with E-state index in [2.05, 4.69) is 9.88 Å². The van der Waals surface area contributed by atoms with Gasteiger partial charge in [0, 0.05) is 11.5 Å². The highest BCUT2D eigenvalue weighted by Gasteiger charge is 2.23. The summed E-state index contributed by atoms with van der Waals surface area (Å²) in [6.07, 6.45) is 0. The quantitative estimate of drug-likeness (QED) is 0.945. The summed E-state index contributed by atoms with van der Waals surface area (Å²) in [6.45, 7) is 5.75. The second-order valence-electron chi connectivity index (χ2n) is 5.36. The minimum atomic E-state index is -4.03. The number of rotatable bonds is 3. The average molecular weight is 298 g/mol. The van der Waals surface area contributed by atoms with Gasteiger partial charge in [-0.05, 0) is 12.1 Å². The molecule has 0 saturated carbocycles. The van der Waals surface area contributed by atoms with Gasteiger partial charge in [0.2, 0.25) is 5.88 Å². The van der Waals surface area contributed by atoms with Crippen molar-refractivity contribution in [2.24, 2.45) is 0 Å². The van der Waals surface area contributed by atoms with Gasteiger partial charge in [-0.25, -0.2) is 17.5 Å². The van der Waals surface area contributed by atoms with Crippen LogP contribution in [0.15, 0.2) is 39.8 Å². The zero-order valence-corrected chi connectivity index (χ0v) is 12.2. The lowest BCUT2D eigenvalue weighted by Crippen LogP contribution is -2.14. The Morgan fingerprint density at radius 2 is 1.90 bits per heavy atom. The van der Waals surface area contributed by atoms with Gasteiger partial charge in [0.25, 0.3) is 10.0 Å². The van der Waals surface area contributed by atoms with Crippen LogP contribution in [0.4, 0.5) is 10.3 Å².